The van der Waals surface area contributed by atoms with Gasteiger partial charge in [-0.25, -0.2) is 0 Å². The predicted molar refractivity (Wildman–Crippen MR) is 101 cm³/mol. The van der Waals surface area contributed by atoms with Gasteiger partial charge in [0.2, 0.25) is 11.8 Å². The molecule has 8 heteroatoms. The largest absolute Gasteiger partial charge is 0.496 e. The van der Waals surface area contributed by atoms with E-state index in [9.17, 15) is 9.59 Å². The van der Waals surface area contributed by atoms with Gasteiger partial charge in [0, 0.05) is 5.56 Å². The Morgan fingerprint density at radius 1 is 1.15 bits per heavy atom. The quantitative estimate of drug-likeness (QED) is 0.654. The Morgan fingerprint density at radius 2 is 1.96 bits per heavy atom. The zero-order valence-electron chi connectivity index (χ0n) is 14.8. The molecule has 0 aliphatic heterocycles. The molecule has 2 amide bonds. The maximum atomic E-state index is 12.2. The van der Waals surface area contributed by atoms with Gasteiger partial charge in [0.15, 0.2) is 0 Å². The summed E-state index contributed by atoms with van der Waals surface area (Å²) in [5.41, 5.74) is 2.18. The third-order valence-electron chi connectivity index (χ3n) is 3.60. The molecule has 27 heavy (non-hydrogen) atoms. The van der Waals surface area contributed by atoms with E-state index >= 15 is 0 Å². The SMILES string of the molecule is COc1ccccc1C(=O)NC(=O)CSc1nnc(-c2cccc(C)c2)o1. The van der Waals surface area contributed by atoms with Crippen LogP contribution < -0.4 is 10.1 Å². The van der Waals surface area contributed by atoms with Gasteiger partial charge in [-0.3, -0.25) is 14.9 Å². The predicted octanol–water partition coefficient (Wildman–Crippen LogP) is 3.10. The Hall–Kier alpha value is -3.13. The molecule has 0 aliphatic carbocycles. The third kappa shape index (κ3) is 4.73. The fourth-order valence-corrected chi connectivity index (χ4v) is 2.92. The van der Waals surface area contributed by atoms with Crippen LogP contribution in [0.5, 0.6) is 5.75 Å². The summed E-state index contributed by atoms with van der Waals surface area (Å²) < 4.78 is 10.7. The number of carbonyl (C=O) groups excluding carboxylic acids is 2. The first kappa shape index (κ1) is 18.7. The van der Waals surface area contributed by atoms with E-state index in [4.69, 9.17) is 9.15 Å². The maximum absolute atomic E-state index is 12.2. The van der Waals surface area contributed by atoms with Crippen LogP contribution in [0.15, 0.2) is 58.2 Å². The van der Waals surface area contributed by atoms with E-state index in [1.54, 1.807) is 24.3 Å². The van der Waals surface area contributed by atoms with Gasteiger partial charge < -0.3 is 9.15 Å². The molecule has 1 aromatic heterocycles. The van der Waals surface area contributed by atoms with Crippen LogP contribution in [-0.2, 0) is 4.79 Å². The van der Waals surface area contributed by atoms with Crippen molar-refractivity contribution in [3.8, 4) is 17.2 Å². The van der Waals surface area contributed by atoms with Crippen LogP contribution in [0.3, 0.4) is 0 Å². The number of aryl methyl sites for hydroxylation is 1. The number of nitrogens with zero attached hydrogens (tertiary/aromatic N) is 2. The number of methoxy groups -OCH3 is 1. The monoisotopic (exact) mass is 383 g/mol. The molecule has 138 valence electrons. The van der Waals surface area contributed by atoms with Crippen molar-refractivity contribution in [1.82, 2.24) is 15.5 Å². The van der Waals surface area contributed by atoms with Crippen LogP contribution in [0.1, 0.15) is 15.9 Å². The van der Waals surface area contributed by atoms with E-state index in [-0.39, 0.29) is 16.5 Å². The number of amides is 2. The van der Waals surface area contributed by atoms with Gasteiger partial charge in [-0.2, -0.15) is 0 Å². The number of benzene rings is 2. The van der Waals surface area contributed by atoms with Gasteiger partial charge in [-0.1, -0.05) is 41.6 Å². The number of para-hydroxylation sites is 1. The van der Waals surface area contributed by atoms with E-state index < -0.39 is 11.8 Å². The molecule has 7 nitrogen and oxygen atoms in total. The average molecular weight is 383 g/mol. The summed E-state index contributed by atoms with van der Waals surface area (Å²) in [6.07, 6.45) is 0. The van der Waals surface area contributed by atoms with Crippen molar-refractivity contribution in [2.24, 2.45) is 0 Å². The lowest BCUT2D eigenvalue weighted by atomic mass is 10.1. The highest BCUT2D eigenvalue weighted by molar-refractivity contribution is 7.99. The molecule has 0 saturated carbocycles. The normalized spacial score (nSPS) is 10.4. The molecule has 0 aliphatic rings. The highest BCUT2D eigenvalue weighted by Crippen LogP contribution is 2.23. The fraction of sp³-hybridized carbons (Fsp3) is 0.158. The van der Waals surface area contributed by atoms with Gasteiger partial charge in [0.1, 0.15) is 5.75 Å². The number of carbonyl (C=O) groups is 2. The molecule has 0 saturated heterocycles. The topological polar surface area (TPSA) is 94.3 Å². The Kier molecular flexibility index (Phi) is 5.87. The lowest BCUT2D eigenvalue weighted by Crippen LogP contribution is -2.32. The van der Waals surface area contributed by atoms with Crippen LogP contribution in [-0.4, -0.2) is 34.9 Å². The second-order valence-electron chi connectivity index (χ2n) is 5.61. The van der Waals surface area contributed by atoms with Crippen LogP contribution in [0.4, 0.5) is 0 Å². The third-order valence-corrected chi connectivity index (χ3v) is 4.42. The molecule has 0 radical (unpaired) electrons. The highest BCUT2D eigenvalue weighted by Gasteiger charge is 2.16. The second kappa shape index (κ2) is 8.50. The highest BCUT2D eigenvalue weighted by atomic mass is 32.2. The van der Waals surface area contributed by atoms with Crippen LogP contribution in [0.2, 0.25) is 0 Å². The standard InChI is InChI=1S/C19H17N3O4S/c1-12-6-5-7-13(10-12)18-21-22-19(26-18)27-11-16(23)20-17(24)14-8-3-4-9-15(14)25-2/h3-10H,11H2,1-2H3,(H,20,23,24). The minimum Gasteiger partial charge on any atom is -0.496 e. The number of nitrogens with one attached hydrogen (secondary N) is 1. The molecule has 0 bridgehead atoms. The maximum Gasteiger partial charge on any atom is 0.277 e. The van der Waals surface area contributed by atoms with Gasteiger partial charge in [0.05, 0.1) is 18.4 Å². The molecule has 0 unspecified atom stereocenters. The van der Waals surface area contributed by atoms with E-state index in [1.165, 1.54) is 7.11 Å². The van der Waals surface area contributed by atoms with Crippen molar-refractivity contribution in [2.45, 2.75) is 12.1 Å². The van der Waals surface area contributed by atoms with Crippen molar-refractivity contribution in [3.05, 3.63) is 59.7 Å². The van der Waals surface area contributed by atoms with Crippen molar-refractivity contribution in [2.75, 3.05) is 12.9 Å². The number of aromatic nitrogens is 2. The molecule has 0 spiro atoms. The molecule has 3 rings (SSSR count). The zero-order valence-corrected chi connectivity index (χ0v) is 15.6. The second-order valence-corrected chi connectivity index (χ2v) is 6.54. The smallest absolute Gasteiger partial charge is 0.277 e. The van der Waals surface area contributed by atoms with E-state index in [0.29, 0.717) is 11.6 Å². The van der Waals surface area contributed by atoms with Gasteiger partial charge in [-0.05, 0) is 31.2 Å². The van der Waals surface area contributed by atoms with Crippen LogP contribution in [0.25, 0.3) is 11.5 Å². The molecule has 0 atom stereocenters. The molecule has 3 aromatic rings. The van der Waals surface area contributed by atoms with Crippen molar-refractivity contribution < 1.29 is 18.7 Å². The van der Waals surface area contributed by atoms with E-state index in [0.717, 1.165) is 22.9 Å². The van der Waals surface area contributed by atoms with Crippen LogP contribution in [0, 0.1) is 6.92 Å². The summed E-state index contributed by atoms with van der Waals surface area (Å²) >= 11 is 1.06. The van der Waals surface area contributed by atoms with Gasteiger partial charge in [0.25, 0.3) is 11.1 Å². The molecular formula is C19H17N3O4S. The molecule has 2 aromatic carbocycles. The minimum absolute atomic E-state index is 0.0314. The minimum atomic E-state index is -0.524. The number of thioether (sulfide) groups is 1. The first-order valence-corrected chi connectivity index (χ1v) is 9.06. The lowest BCUT2D eigenvalue weighted by molar-refractivity contribution is -0.117. The first-order chi connectivity index (χ1) is 13.1. The zero-order chi connectivity index (χ0) is 19.2. The van der Waals surface area contributed by atoms with Crippen molar-refractivity contribution in [3.63, 3.8) is 0 Å². The lowest BCUT2D eigenvalue weighted by Gasteiger charge is -2.07. The summed E-state index contributed by atoms with van der Waals surface area (Å²) in [4.78, 5) is 24.2. The van der Waals surface area contributed by atoms with E-state index in [1.807, 2.05) is 31.2 Å². The summed E-state index contributed by atoms with van der Waals surface area (Å²) in [6, 6.07) is 14.3. The van der Waals surface area contributed by atoms with Gasteiger partial charge in [-0.15, -0.1) is 10.2 Å². The number of hydrogen-bond donors (Lipinski definition) is 1. The summed E-state index contributed by atoms with van der Waals surface area (Å²) in [6.45, 7) is 1.97. The van der Waals surface area contributed by atoms with Crippen molar-refractivity contribution in [1.29, 1.82) is 0 Å². The molecule has 0 fully saturated rings. The van der Waals surface area contributed by atoms with Gasteiger partial charge >= 0.3 is 0 Å². The average Bonchev–Trinajstić information content (AvgIpc) is 3.15. The Labute approximate surface area is 160 Å². The van der Waals surface area contributed by atoms with Crippen molar-refractivity contribution >= 4 is 23.6 Å². The Balaban J connectivity index is 1.57. The summed E-state index contributed by atoms with van der Waals surface area (Å²) in [5, 5.41) is 10.5. The Bertz CT molecular complexity index is 971. The Morgan fingerprint density at radius 3 is 2.74 bits per heavy atom. The molecular weight excluding hydrogens is 366 g/mol. The number of ether oxygens (including phenoxy) is 1. The van der Waals surface area contributed by atoms with E-state index in [2.05, 4.69) is 15.5 Å². The number of imide groups is 1. The first-order valence-electron chi connectivity index (χ1n) is 8.07. The summed E-state index contributed by atoms with van der Waals surface area (Å²) in [7, 11) is 1.46. The number of hydrogen-bond acceptors (Lipinski definition) is 7. The number of rotatable bonds is 6. The summed E-state index contributed by atoms with van der Waals surface area (Å²) in [5.74, 6) is -0.242. The van der Waals surface area contributed by atoms with Crippen LogP contribution >= 0.6 is 11.8 Å². The molecule has 1 heterocycles. The molecule has 1 N–H and O–H groups in total. The fourth-order valence-electron chi connectivity index (χ4n) is 2.35.